The van der Waals surface area contributed by atoms with Crippen LogP contribution in [0.3, 0.4) is 0 Å². The molecule has 0 saturated carbocycles. The van der Waals surface area contributed by atoms with Crippen LogP contribution in [0.1, 0.15) is 37.7 Å². The first-order valence-electron chi connectivity index (χ1n) is 6.89. The molecule has 0 aromatic heterocycles. The van der Waals surface area contributed by atoms with Crippen LogP contribution < -0.4 is 10.2 Å². The fraction of sp³-hybridized carbons (Fsp3) is 0.600. The second-order valence-corrected chi connectivity index (χ2v) is 4.91. The zero-order valence-electron chi connectivity index (χ0n) is 10.9. The standard InChI is InChI=1S/C15H24N2/c1-16-13-14-9-5-6-10-15(14)17-11-7-3-2-4-8-12-17/h5-6,9-10,16H,2-4,7-8,11-13H2,1H3. The molecule has 1 heterocycles. The molecule has 0 spiro atoms. The van der Waals surface area contributed by atoms with Gasteiger partial charge in [0.15, 0.2) is 0 Å². The van der Waals surface area contributed by atoms with Crippen molar-refractivity contribution in [3.63, 3.8) is 0 Å². The Hall–Kier alpha value is -1.02. The first-order valence-corrected chi connectivity index (χ1v) is 6.89. The van der Waals surface area contributed by atoms with Crippen molar-refractivity contribution in [1.82, 2.24) is 5.32 Å². The van der Waals surface area contributed by atoms with E-state index in [-0.39, 0.29) is 0 Å². The highest BCUT2D eigenvalue weighted by molar-refractivity contribution is 5.53. The maximum atomic E-state index is 3.26. The van der Waals surface area contributed by atoms with Gasteiger partial charge in [-0.2, -0.15) is 0 Å². The van der Waals surface area contributed by atoms with E-state index in [4.69, 9.17) is 0 Å². The highest BCUT2D eigenvalue weighted by Gasteiger charge is 2.11. The predicted octanol–water partition coefficient (Wildman–Crippen LogP) is 3.18. The number of nitrogens with zero attached hydrogens (tertiary/aromatic N) is 1. The van der Waals surface area contributed by atoms with E-state index < -0.39 is 0 Å². The van der Waals surface area contributed by atoms with Crippen LogP contribution in [-0.2, 0) is 6.54 Å². The Morgan fingerprint density at radius 3 is 2.35 bits per heavy atom. The molecular formula is C15H24N2. The summed E-state index contributed by atoms with van der Waals surface area (Å²) in [4.78, 5) is 2.58. The van der Waals surface area contributed by atoms with Crippen molar-refractivity contribution in [2.75, 3.05) is 25.0 Å². The van der Waals surface area contributed by atoms with Gasteiger partial charge in [-0.3, -0.25) is 0 Å². The number of hydrogen-bond donors (Lipinski definition) is 1. The highest BCUT2D eigenvalue weighted by atomic mass is 15.1. The first kappa shape index (κ1) is 12.4. The van der Waals surface area contributed by atoms with Crippen molar-refractivity contribution in [2.45, 2.75) is 38.6 Å². The molecule has 1 aliphatic heterocycles. The Balaban J connectivity index is 2.12. The third kappa shape index (κ3) is 3.47. The van der Waals surface area contributed by atoms with Gasteiger partial charge in [-0.1, -0.05) is 37.5 Å². The lowest BCUT2D eigenvalue weighted by molar-refractivity contribution is 0.555. The average molecular weight is 232 g/mol. The SMILES string of the molecule is CNCc1ccccc1N1CCCCCCC1. The molecule has 17 heavy (non-hydrogen) atoms. The van der Waals surface area contributed by atoms with Gasteiger partial charge in [0.25, 0.3) is 0 Å². The number of nitrogens with one attached hydrogen (secondary N) is 1. The molecule has 1 aromatic rings. The minimum atomic E-state index is 0.965. The predicted molar refractivity (Wildman–Crippen MR) is 74.5 cm³/mol. The Labute approximate surface area is 105 Å². The van der Waals surface area contributed by atoms with Crippen LogP contribution in [-0.4, -0.2) is 20.1 Å². The second kappa shape index (κ2) is 6.65. The van der Waals surface area contributed by atoms with E-state index in [2.05, 4.69) is 34.5 Å². The van der Waals surface area contributed by atoms with Gasteiger partial charge in [-0.05, 0) is 31.5 Å². The minimum Gasteiger partial charge on any atom is -0.371 e. The number of rotatable bonds is 3. The molecule has 0 unspecified atom stereocenters. The second-order valence-electron chi connectivity index (χ2n) is 4.91. The lowest BCUT2D eigenvalue weighted by Gasteiger charge is -2.29. The van der Waals surface area contributed by atoms with E-state index in [0.717, 1.165) is 6.54 Å². The van der Waals surface area contributed by atoms with Crippen molar-refractivity contribution in [2.24, 2.45) is 0 Å². The molecular weight excluding hydrogens is 208 g/mol. The number of hydrogen-bond acceptors (Lipinski definition) is 2. The zero-order chi connectivity index (χ0) is 11.9. The molecule has 1 fully saturated rings. The summed E-state index contributed by atoms with van der Waals surface area (Å²) in [7, 11) is 2.02. The summed E-state index contributed by atoms with van der Waals surface area (Å²) in [5, 5.41) is 3.26. The summed E-state index contributed by atoms with van der Waals surface area (Å²) in [6.07, 6.45) is 6.89. The fourth-order valence-electron chi connectivity index (χ4n) is 2.65. The molecule has 0 bridgehead atoms. The van der Waals surface area contributed by atoms with E-state index in [1.54, 1.807) is 0 Å². The van der Waals surface area contributed by atoms with Crippen molar-refractivity contribution in [1.29, 1.82) is 0 Å². The smallest absolute Gasteiger partial charge is 0.0411 e. The van der Waals surface area contributed by atoms with Gasteiger partial charge in [-0.25, -0.2) is 0 Å². The molecule has 2 nitrogen and oxygen atoms in total. The lowest BCUT2D eigenvalue weighted by atomic mass is 10.1. The van der Waals surface area contributed by atoms with E-state index in [9.17, 15) is 0 Å². The maximum Gasteiger partial charge on any atom is 0.0411 e. The lowest BCUT2D eigenvalue weighted by Crippen LogP contribution is -2.28. The first-order chi connectivity index (χ1) is 8.42. The Bertz CT molecular complexity index is 327. The molecule has 2 heteroatoms. The molecule has 1 aliphatic rings. The molecule has 94 valence electrons. The van der Waals surface area contributed by atoms with Crippen molar-refractivity contribution >= 4 is 5.69 Å². The van der Waals surface area contributed by atoms with Crippen LogP contribution >= 0.6 is 0 Å². The summed E-state index contributed by atoms with van der Waals surface area (Å²) < 4.78 is 0. The maximum absolute atomic E-state index is 3.26. The molecule has 0 atom stereocenters. The van der Waals surface area contributed by atoms with Gasteiger partial charge >= 0.3 is 0 Å². The van der Waals surface area contributed by atoms with E-state index in [1.807, 2.05) is 7.05 Å². The van der Waals surface area contributed by atoms with Crippen molar-refractivity contribution in [3.05, 3.63) is 29.8 Å². The monoisotopic (exact) mass is 232 g/mol. The largest absolute Gasteiger partial charge is 0.371 e. The van der Waals surface area contributed by atoms with Gasteiger partial charge in [0.05, 0.1) is 0 Å². The Morgan fingerprint density at radius 2 is 1.65 bits per heavy atom. The van der Waals surface area contributed by atoms with Crippen LogP contribution in [0.25, 0.3) is 0 Å². The van der Waals surface area contributed by atoms with Gasteiger partial charge in [0.2, 0.25) is 0 Å². The number of benzene rings is 1. The summed E-state index contributed by atoms with van der Waals surface area (Å²) in [6.45, 7) is 3.41. The fourth-order valence-corrected chi connectivity index (χ4v) is 2.65. The normalized spacial score (nSPS) is 17.6. The molecule has 1 N–H and O–H groups in total. The van der Waals surface area contributed by atoms with Crippen LogP contribution in [0.2, 0.25) is 0 Å². The number of para-hydroxylation sites is 1. The summed E-state index contributed by atoms with van der Waals surface area (Å²) in [5.74, 6) is 0. The molecule has 1 saturated heterocycles. The van der Waals surface area contributed by atoms with Crippen molar-refractivity contribution in [3.8, 4) is 0 Å². The average Bonchev–Trinajstić information content (AvgIpc) is 2.30. The quantitative estimate of drug-likeness (QED) is 0.861. The number of anilines is 1. The van der Waals surface area contributed by atoms with E-state index in [0.29, 0.717) is 0 Å². The molecule has 1 aromatic carbocycles. The van der Waals surface area contributed by atoms with Gasteiger partial charge < -0.3 is 10.2 Å². The molecule has 0 radical (unpaired) electrons. The van der Waals surface area contributed by atoms with Crippen molar-refractivity contribution < 1.29 is 0 Å². The van der Waals surface area contributed by atoms with Crippen LogP contribution in [0, 0.1) is 0 Å². The van der Waals surface area contributed by atoms with Gasteiger partial charge in [-0.15, -0.1) is 0 Å². The molecule has 2 rings (SSSR count). The van der Waals surface area contributed by atoms with E-state index >= 15 is 0 Å². The van der Waals surface area contributed by atoms with Gasteiger partial charge in [0.1, 0.15) is 0 Å². The molecule has 0 aliphatic carbocycles. The summed E-state index contributed by atoms with van der Waals surface area (Å²) >= 11 is 0. The highest BCUT2D eigenvalue weighted by Crippen LogP contribution is 2.23. The van der Waals surface area contributed by atoms with Crippen LogP contribution in [0.4, 0.5) is 5.69 Å². The minimum absolute atomic E-state index is 0.965. The zero-order valence-corrected chi connectivity index (χ0v) is 10.9. The van der Waals surface area contributed by atoms with Crippen LogP contribution in [0.5, 0.6) is 0 Å². The van der Waals surface area contributed by atoms with E-state index in [1.165, 1.54) is 56.4 Å². The van der Waals surface area contributed by atoms with Crippen LogP contribution in [0.15, 0.2) is 24.3 Å². The molecule has 0 amide bonds. The Morgan fingerprint density at radius 1 is 1.00 bits per heavy atom. The Kier molecular flexibility index (Phi) is 4.87. The summed E-state index contributed by atoms with van der Waals surface area (Å²) in [6, 6.07) is 8.81. The van der Waals surface area contributed by atoms with Gasteiger partial charge in [0, 0.05) is 25.3 Å². The third-order valence-corrected chi connectivity index (χ3v) is 3.56. The topological polar surface area (TPSA) is 15.3 Å². The third-order valence-electron chi connectivity index (χ3n) is 3.56. The summed E-state index contributed by atoms with van der Waals surface area (Å²) in [5.41, 5.74) is 2.86.